The molecule has 49 heavy (non-hydrogen) atoms. The van der Waals surface area contributed by atoms with Crippen LogP contribution in [0.4, 0.5) is 0 Å². The highest BCUT2D eigenvalue weighted by atomic mass is 15.0. The van der Waals surface area contributed by atoms with Crippen LogP contribution in [0.5, 0.6) is 0 Å². The molecule has 0 radical (unpaired) electrons. The molecule has 0 saturated carbocycles. The molecule has 0 aliphatic carbocycles. The van der Waals surface area contributed by atoms with E-state index in [-0.39, 0.29) is 0 Å². The fourth-order valence-electron chi connectivity index (χ4n) is 7.48. The van der Waals surface area contributed by atoms with E-state index in [9.17, 15) is 0 Å². The Morgan fingerprint density at radius 3 is 1.88 bits per heavy atom. The van der Waals surface area contributed by atoms with Crippen LogP contribution < -0.4 is 0 Å². The molecule has 2 heterocycles. The Kier molecular flexibility index (Phi) is 6.18. The third kappa shape index (κ3) is 4.44. The van der Waals surface area contributed by atoms with Gasteiger partial charge in [-0.25, -0.2) is 9.97 Å². The SMILES string of the molecule is c1ccc(-n2c3ccc(-c4nc(-c5ccc(-c6cccc7ccccc67)cc5)c5ccccc5n4)cc3c3ccc4ccccc4c32)cc1. The molecule has 10 rings (SSSR count). The van der Waals surface area contributed by atoms with Crippen LogP contribution in [-0.4, -0.2) is 14.5 Å². The topological polar surface area (TPSA) is 30.7 Å². The highest BCUT2D eigenvalue weighted by Crippen LogP contribution is 2.39. The Hall–Kier alpha value is -6.58. The van der Waals surface area contributed by atoms with Gasteiger partial charge in [0.2, 0.25) is 0 Å². The number of hydrogen-bond donors (Lipinski definition) is 0. The van der Waals surface area contributed by atoms with E-state index in [0.29, 0.717) is 0 Å². The first-order valence-electron chi connectivity index (χ1n) is 16.7. The molecule has 0 fully saturated rings. The molecule has 0 amide bonds. The molecular weight excluding hydrogens is 595 g/mol. The Morgan fingerprint density at radius 2 is 1.04 bits per heavy atom. The maximum Gasteiger partial charge on any atom is 0.160 e. The summed E-state index contributed by atoms with van der Waals surface area (Å²) in [5.74, 6) is 0.718. The van der Waals surface area contributed by atoms with Crippen molar-refractivity contribution in [1.29, 1.82) is 0 Å². The van der Waals surface area contributed by atoms with Crippen molar-refractivity contribution in [2.75, 3.05) is 0 Å². The summed E-state index contributed by atoms with van der Waals surface area (Å²) >= 11 is 0. The van der Waals surface area contributed by atoms with Gasteiger partial charge in [-0.1, -0.05) is 140 Å². The molecule has 0 aliphatic rings. The van der Waals surface area contributed by atoms with Crippen molar-refractivity contribution in [2.45, 2.75) is 0 Å². The fourth-order valence-corrected chi connectivity index (χ4v) is 7.48. The van der Waals surface area contributed by atoms with E-state index in [0.717, 1.165) is 44.8 Å². The van der Waals surface area contributed by atoms with E-state index in [1.54, 1.807) is 0 Å². The lowest BCUT2D eigenvalue weighted by molar-refractivity contribution is 1.18. The maximum atomic E-state index is 5.28. The zero-order valence-electron chi connectivity index (χ0n) is 26.6. The smallest absolute Gasteiger partial charge is 0.160 e. The van der Waals surface area contributed by atoms with Crippen LogP contribution in [0.15, 0.2) is 176 Å². The highest BCUT2D eigenvalue weighted by molar-refractivity contribution is 6.19. The van der Waals surface area contributed by atoms with E-state index in [2.05, 4.69) is 174 Å². The average Bonchev–Trinajstić information content (AvgIpc) is 3.52. The average molecular weight is 624 g/mol. The number of fused-ring (bicyclic) bond motifs is 7. The highest BCUT2D eigenvalue weighted by Gasteiger charge is 2.18. The van der Waals surface area contributed by atoms with Crippen molar-refractivity contribution >= 4 is 54.3 Å². The van der Waals surface area contributed by atoms with Gasteiger partial charge < -0.3 is 4.57 Å². The van der Waals surface area contributed by atoms with Crippen molar-refractivity contribution in [3.63, 3.8) is 0 Å². The summed E-state index contributed by atoms with van der Waals surface area (Å²) in [7, 11) is 0. The summed E-state index contributed by atoms with van der Waals surface area (Å²) in [5.41, 5.74) is 9.85. The van der Waals surface area contributed by atoms with Crippen LogP contribution in [0.2, 0.25) is 0 Å². The quantitative estimate of drug-likeness (QED) is 0.195. The largest absolute Gasteiger partial charge is 0.309 e. The molecule has 228 valence electrons. The lowest BCUT2D eigenvalue weighted by Gasteiger charge is -2.12. The molecule has 0 unspecified atom stereocenters. The van der Waals surface area contributed by atoms with Crippen LogP contribution in [0.1, 0.15) is 0 Å². The van der Waals surface area contributed by atoms with E-state index in [1.807, 2.05) is 6.07 Å². The van der Waals surface area contributed by atoms with Crippen LogP contribution >= 0.6 is 0 Å². The van der Waals surface area contributed by atoms with Gasteiger partial charge in [0.05, 0.1) is 22.2 Å². The minimum Gasteiger partial charge on any atom is -0.309 e. The summed E-state index contributed by atoms with van der Waals surface area (Å²) in [4.78, 5) is 10.4. The third-order valence-corrected chi connectivity index (χ3v) is 9.79. The summed E-state index contributed by atoms with van der Waals surface area (Å²) < 4.78 is 2.39. The normalized spacial score (nSPS) is 11.7. The van der Waals surface area contributed by atoms with Gasteiger partial charge in [-0.3, -0.25) is 0 Å². The van der Waals surface area contributed by atoms with Gasteiger partial charge >= 0.3 is 0 Å². The second kappa shape index (κ2) is 11.0. The lowest BCUT2D eigenvalue weighted by Crippen LogP contribution is -1.96. The summed E-state index contributed by atoms with van der Waals surface area (Å²) in [6, 6.07) is 62.6. The zero-order valence-corrected chi connectivity index (χ0v) is 26.6. The predicted molar refractivity (Wildman–Crippen MR) is 205 cm³/mol. The molecule has 8 aromatic carbocycles. The van der Waals surface area contributed by atoms with E-state index >= 15 is 0 Å². The van der Waals surface area contributed by atoms with Crippen molar-refractivity contribution in [2.24, 2.45) is 0 Å². The van der Waals surface area contributed by atoms with E-state index in [4.69, 9.17) is 9.97 Å². The minimum atomic E-state index is 0.718. The summed E-state index contributed by atoms with van der Waals surface area (Å²) in [5, 5.41) is 8.39. The van der Waals surface area contributed by atoms with E-state index < -0.39 is 0 Å². The summed E-state index contributed by atoms with van der Waals surface area (Å²) in [6.07, 6.45) is 0. The van der Waals surface area contributed by atoms with Gasteiger partial charge in [-0.05, 0) is 63.7 Å². The molecule has 0 saturated heterocycles. The van der Waals surface area contributed by atoms with Crippen LogP contribution in [-0.2, 0) is 0 Å². The Bertz CT molecular complexity index is 2860. The van der Waals surface area contributed by atoms with Crippen molar-refractivity contribution in [3.8, 4) is 39.5 Å². The number of aromatic nitrogens is 3. The van der Waals surface area contributed by atoms with Crippen molar-refractivity contribution in [1.82, 2.24) is 14.5 Å². The Labute approximate surface area is 283 Å². The molecular formula is C46H29N3. The lowest BCUT2D eigenvalue weighted by atomic mass is 9.96. The van der Waals surface area contributed by atoms with Gasteiger partial charge in [0, 0.05) is 38.4 Å². The van der Waals surface area contributed by atoms with Gasteiger partial charge in [-0.2, -0.15) is 0 Å². The number of benzene rings is 8. The van der Waals surface area contributed by atoms with Gasteiger partial charge in [0.1, 0.15) is 0 Å². The monoisotopic (exact) mass is 623 g/mol. The maximum absolute atomic E-state index is 5.28. The first kappa shape index (κ1) is 27.5. The number of para-hydroxylation sites is 2. The predicted octanol–water partition coefficient (Wildman–Crippen LogP) is 12.0. The standard InChI is InChI=1S/C46H29N3/c1-2-14-35(15-3-1)49-43-28-26-34(29-41(43)39-27-25-31-12-5-7-17-38(31)45(39)49)46-47-42-20-9-8-18-40(42)44(48-46)33-23-21-32(22-24-33)37-19-10-13-30-11-4-6-16-36(30)37/h1-29H. The molecule has 0 bridgehead atoms. The number of nitrogens with zero attached hydrogens (tertiary/aromatic N) is 3. The van der Waals surface area contributed by atoms with Gasteiger partial charge in [0.15, 0.2) is 5.82 Å². The first-order valence-corrected chi connectivity index (χ1v) is 16.7. The van der Waals surface area contributed by atoms with Crippen LogP contribution in [0, 0.1) is 0 Å². The molecule has 0 spiro atoms. The number of rotatable bonds is 4. The third-order valence-electron chi connectivity index (χ3n) is 9.79. The first-order chi connectivity index (χ1) is 24.3. The second-order valence-electron chi connectivity index (χ2n) is 12.6. The summed E-state index contributed by atoms with van der Waals surface area (Å²) in [6.45, 7) is 0. The van der Waals surface area contributed by atoms with Crippen LogP contribution in [0.3, 0.4) is 0 Å². The minimum absolute atomic E-state index is 0.718. The van der Waals surface area contributed by atoms with Crippen molar-refractivity contribution < 1.29 is 0 Å². The molecule has 2 aromatic heterocycles. The molecule has 0 aliphatic heterocycles. The second-order valence-corrected chi connectivity index (χ2v) is 12.6. The van der Waals surface area contributed by atoms with Crippen molar-refractivity contribution in [3.05, 3.63) is 176 Å². The molecule has 10 aromatic rings. The Morgan fingerprint density at radius 1 is 0.388 bits per heavy atom. The molecule has 3 heteroatoms. The Balaban J connectivity index is 1.15. The van der Waals surface area contributed by atoms with Gasteiger partial charge in [0.25, 0.3) is 0 Å². The fraction of sp³-hybridized carbons (Fsp3) is 0. The van der Waals surface area contributed by atoms with E-state index in [1.165, 1.54) is 49.0 Å². The molecule has 3 nitrogen and oxygen atoms in total. The molecule has 0 atom stereocenters. The zero-order chi connectivity index (χ0) is 32.3. The molecule has 0 N–H and O–H groups in total. The number of hydrogen-bond acceptors (Lipinski definition) is 2. The van der Waals surface area contributed by atoms with Gasteiger partial charge in [-0.15, -0.1) is 0 Å². The van der Waals surface area contributed by atoms with Crippen LogP contribution in [0.25, 0.3) is 93.7 Å².